The maximum absolute atomic E-state index is 12.7. The van der Waals surface area contributed by atoms with Crippen molar-refractivity contribution in [1.29, 1.82) is 0 Å². The van der Waals surface area contributed by atoms with E-state index < -0.39 is 22.4 Å². The van der Waals surface area contributed by atoms with Gasteiger partial charge in [0.05, 0.1) is 10.4 Å². The van der Waals surface area contributed by atoms with Crippen LogP contribution in [-0.4, -0.2) is 17.5 Å². The molecule has 22 heavy (non-hydrogen) atoms. The van der Waals surface area contributed by atoms with Crippen molar-refractivity contribution < 1.29 is 19.1 Å². The minimum absolute atomic E-state index is 0.206. The largest absolute Gasteiger partial charge is 0.446 e. The summed E-state index contributed by atoms with van der Waals surface area (Å²) in [6, 6.07) is 4.60. The summed E-state index contributed by atoms with van der Waals surface area (Å²) >= 11 is 11.9. The Bertz CT molecular complexity index is 685. The minimum Gasteiger partial charge on any atom is -0.446 e. The Hall–Kier alpha value is -1.26. The molecule has 118 valence electrons. The van der Waals surface area contributed by atoms with E-state index in [1.54, 1.807) is 6.07 Å². The lowest BCUT2D eigenvalue weighted by Crippen LogP contribution is -2.50. The van der Waals surface area contributed by atoms with Crippen molar-refractivity contribution >= 4 is 35.1 Å². The Labute approximate surface area is 138 Å². The smallest absolute Gasteiger partial charge is 0.356 e. The fourth-order valence-electron chi connectivity index (χ4n) is 3.44. The molecular weight excluding hydrogens is 327 g/mol. The van der Waals surface area contributed by atoms with E-state index in [0.29, 0.717) is 17.9 Å². The zero-order chi connectivity index (χ0) is 16.3. The van der Waals surface area contributed by atoms with Gasteiger partial charge in [-0.25, -0.2) is 4.79 Å². The first-order chi connectivity index (χ1) is 10.1. The lowest BCUT2D eigenvalue weighted by Gasteiger charge is -2.34. The molecule has 2 bridgehead atoms. The molecular formula is C16H16Cl2O4. The Morgan fingerprint density at radius 3 is 2.41 bits per heavy atom. The molecule has 0 N–H and O–H groups in total. The van der Waals surface area contributed by atoms with E-state index >= 15 is 0 Å². The van der Waals surface area contributed by atoms with Gasteiger partial charge in [-0.1, -0.05) is 37.0 Å². The monoisotopic (exact) mass is 342 g/mol. The zero-order valence-corrected chi connectivity index (χ0v) is 14.0. The zero-order valence-electron chi connectivity index (χ0n) is 12.5. The first kappa shape index (κ1) is 15.6. The fourth-order valence-corrected chi connectivity index (χ4v) is 3.89. The lowest BCUT2D eigenvalue weighted by atomic mass is 9.66. The molecule has 4 nitrogen and oxygen atoms in total. The summed E-state index contributed by atoms with van der Waals surface area (Å²) in [7, 11) is 0. The molecule has 2 fully saturated rings. The predicted molar refractivity (Wildman–Crippen MR) is 82.0 cm³/mol. The number of benzene rings is 1. The molecule has 1 saturated heterocycles. The van der Waals surface area contributed by atoms with Crippen molar-refractivity contribution in [2.75, 3.05) is 0 Å². The van der Waals surface area contributed by atoms with Crippen LogP contribution in [0.15, 0.2) is 18.2 Å². The van der Waals surface area contributed by atoms with Gasteiger partial charge >= 0.3 is 11.9 Å². The van der Waals surface area contributed by atoms with Crippen LogP contribution in [0.1, 0.15) is 33.6 Å². The summed E-state index contributed by atoms with van der Waals surface area (Å²) in [4.78, 5) is 24.9. The van der Waals surface area contributed by atoms with Gasteiger partial charge in [-0.3, -0.25) is 4.79 Å². The second-order valence-electron chi connectivity index (χ2n) is 6.64. The number of rotatable bonds is 2. The molecule has 1 aromatic carbocycles. The Morgan fingerprint density at radius 2 is 1.91 bits per heavy atom. The summed E-state index contributed by atoms with van der Waals surface area (Å²) in [5.74, 6) is -0.725. The average Bonchev–Trinajstić information content (AvgIpc) is 2.72. The maximum atomic E-state index is 12.7. The van der Waals surface area contributed by atoms with Crippen molar-refractivity contribution in [1.82, 2.24) is 0 Å². The van der Waals surface area contributed by atoms with Gasteiger partial charge in [0, 0.05) is 10.4 Å². The molecule has 0 aromatic heterocycles. The second-order valence-corrected chi connectivity index (χ2v) is 7.48. The SMILES string of the molecule is CC12CCC(C(=O)Oc3ccc(Cl)cc3Cl)(OC1=O)C2(C)C. The topological polar surface area (TPSA) is 52.6 Å². The van der Waals surface area contributed by atoms with Crippen LogP contribution in [0.4, 0.5) is 0 Å². The van der Waals surface area contributed by atoms with Gasteiger partial charge in [0.15, 0.2) is 0 Å². The normalized spacial score (nSPS) is 32.0. The van der Waals surface area contributed by atoms with Gasteiger partial charge < -0.3 is 9.47 Å². The molecule has 2 unspecified atom stereocenters. The van der Waals surface area contributed by atoms with Gasteiger partial charge in [0.1, 0.15) is 5.75 Å². The first-order valence-electron chi connectivity index (χ1n) is 7.05. The van der Waals surface area contributed by atoms with Crippen LogP contribution in [0.25, 0.3) is 0 Å². The molecule has 0 radical (unpaired) electrons. The highest BCUT2D eigenvalue weighted by Crippen LogP contribution is 2.65. The molecule has 6 heteroatoms. The van der Waals surface area contributed by atoms with E-state index in [9.17, 15) is 9.59 Å². The number of carbonyl (C=O) groups excluding carboxylic acids is 2. The van der Waals surface area contributed by atoms with E-state index in [1.807, 2.05) is 20.8 Å². The molecule has 1 saturated carbocycles. The number of hydrogen-bond acceptors (Lipinski definition) is 4. The van der Waals surface area contributed by atoms with Crippen LogP contribution in [0, 0.1) is 10.8 Å². The third-order valence-electron chi connectivity index (χ3n) is 5.51. The van der Waals surface area contributed by atoms with Crippen molar-refractivity contribution in [2.24, 2.45) is 10.8 Å². The minimum atomic E-state index is -1.26. The molecule has 1 heterocycles. The average molecular weight is 343 g/mol. The van der Waals surface area contributed by atoms with Crippen LogP contribution in [0.5, 0.6) is 5.75 Å². The number of hydrogen-bond donors (Lipinski definition) is 0. The van der Waals surface area contributed by atoms with E-state index in [1.165, 1.54) is 12.1 Å². The highest BCUT2D eigenvalue weighted by Gasteiger charge is 2.76. The molecule has 3 rings (SSSR count). The third kappa shape index (κ3) is 1.77. The van der Waals surface area contributed by atoms with E-state index in [4.69, 9.17) is 32.7 Å². The number of halogens is 2. The predicted octanol–water partition coefficient (Wildman–Crippen LogP) is 4.02. The molecule has 1 aromatic rings. The summed E-state index contributed by atoms with van der Waals surface area (Å²) in [6.45, 7) is 5.58. The Kier molecular flexibility index (Phi) is 3.28. The number of esters is 2. The van der Waals surface area contributed by atoms with Crippen molar-refractivity contribution in [3.63, 3.8) is 0 Å². The van der Waals surface area contributed by atoms with Crippen molar-refractivity contribution in [3.8, 4) is 5.75 Å². The van der Waals surface area contributed by atoms with Gasteiger partial charge in [-0.05, 0) is 38.0 Å². The molecule has 2 atom stereocenters. The summed E-state index contributed by atoms with van der Waals surface area (Å²) in [6.07, 6.45) is 1.05. The van der Waals surface area contributed by atoms with Gasteiger partial charge in [-0.2, -0.15) is 0 Å². The van der Waals surface area contributed by atoms with E-state index in [2.05, 4.69) is 0 Å². The number of fused-ring (bicyclic) bond motifs is 2. The highest BCUT2D eigenvalue weighted by molar-refractivity contribution is 6.35. The summed E-state index contributed by atoms with van der Waals surface area (Å²) in [5.41, 5.74) is -2.58. The van der Waals surface area contributed by atoms with Crippen LogP contribution in [0.2, 0.25) is 10.0 Å². The van der Waals surface area contributed by atoms with Crippen LogP contribution in [-0.2, 0) is 14.3 Å². The third-order valence-corrected chi connectivity index (χ3v) is 6.04. The molecule has 0 amide bonds. The molecule has 1 aliphatic heterocycles. The number of carbonyl (C=O) groups is 2. The Balaban J connectivity index is 1.94. The van der Waals surface area contributed by atoms with Gasteiger partial charge in [0.2, 0.25) is 5.60 Å². The molecule has 1 aliphatic carbocycles. The number of ether oxygens (including phenoxy) is 2. The highest BCUT2D eigenvalue weighted by atomic mass is 35.5. The summed E-state index contributed by atoms with van der Waals surface area (Å²) in [5, 5.41) is 0.684. The van der Waals surface area contributed by atoms with Gasteiger partial charge in [-0.15, -0.1) is 0 Å². The Morgan fingerprint density at radius 1 is 1.23 bits per heavy atom. The van der Waals surface area contributed by atoms with E-state index in [-0.39, 0.29) is 16.7 Å². The van der Waals surface area contributed by atoms with E-state index in [0.717, 1.165) is 0 Å². The molecule has 2 aliphatic rings. The maximum Gasteiger partial charge on any atom is 0.356 e. The quantitative estimate of drug-likeness (QED) is 0.601. The fraction of sp³-hybridized carbons (Fsp3) is 0.500. The first-order valence-corrected chi connectivity index (χ1v) is 7.80. The van der Waals surface area contributed by atoms with Crippen LogP contribution < -0.4 is 4.74 Å². The second kappa shape index (κ2) is 4.62. The lowest BCUT2D eigenvalue weighted by molar-refractivity contribution is -0.176. The standard InChI is InChI=1S/C16H16Cl2O4/c1-14(2)15(3)6-7-16(14,22-12(15)19)13(20)21-11-5-4-9(17)8-10(11)18/h4-5,8H,6-7H2,1-3H3. The van der Waals surface area contributed by atoms with Gasteiger partial charge in [0.25, 0.3) is 0 Å². The van der Waals surface area contributed by atoms with Crippen molar-refractivity contribution in [3.05, 3.63) is 28.2 Å². The van der Waals surface area contributed by atoms with Crippen molar-refractivity contribution in [2.45, 2.75) is 39.2 Å². The van der Waals surface area contributed by atoms with Crippen LogP contribution in [0.3, 0.4) is 0 Å². The summed E-state index contributed by atoms with van der Waals surface area (Å²) < 4.78 is 10.9. The van der Waals surface area contributed by atoms with Crippen LogP contribution >= 0.6 is 23.2 Å². The molecule has 0 spiro atoms.